The van der Waals surface area contributed by atoms with Gasteiger partial charge in [-0.15, -0.1) is 13.2 Å². The molecule has 2 rings (SSSR count). The topological polar surface area (TPSA) is 88.5 Å². The van der Waals surface area contributed by atoms with Crippen molar-refractivity contribution in [2.45, 2.75) is 18.2 Å². The van der Waals surface area contributed by atoms with Crippen molar-refractivity contribution in [3.8, 4) is 11.5 Å². The summed E-state index contributed by atoms with van der Waals surface area (Å²) in [5.74, 6) is -1.96. The van der Waals surface area contributed by atoms with Crippen molar-refractivity contribution >= 4 is 27.3 Å². The normalized spacial score (nSPS) is 12.0. The highest BCUT2D eigenvalue weighted by Gasteiger charge is 2.35. The van der Waals surface area contributed by atoms with Gasteiger partial charge in [-0.1, -0.05) is 17.7 Å². The van der Waals surface area contributed by atoms with Crippen molar-refractivity contribution in [3.63, 3.8) is 0 Å². The van der Waals surface area contributed by atoms with Gasteiger partial charge in [-0.25, -0.2) is 13.4 Å². The Bertz CT molecular complexity index is 872. The van der Waals surface area contributed by atoms with Crippen molar-refractivity contribution in [1.82, 2.24) is 4.98 Å². The first-order valence-corrected chi connectivity index (χ1v) is 8.08. The lowest BCUT2D eigenvalue weighted by atomic mass is 10.3. The van der Waals surface area contributed by atoms with Crippen LogP contribution in [0.2, 0.25) is 5.15 Å². The van der Waals surface area contributed by atoms with Crippen LogP contribution < -0.4 is 9.46 Å². The fourth-order valence-electron chi connectivity index (χ4n) is 1.80. The maximum absolute atomic E-state index is 12.4. The SMILES string of the molecule is Cc1cc(Cl)ncc1NS(=O)(=O)c1c(O)cccc1OC(F)(F)F. The first-order chi connectivity index (χ1) is 11.0. The minimum atomic E-state index is -5.13. The highest BCUT2D eigenvalue weighted by molar-refractivity contribution is 7.93. The third-order valence-corrected chi connectivity index (χ3v) is 4.42. The number of nitrogens with one attached hydrogen (secondary N) is 1. The second-order valence-corrected chi connectivity index (χ2v) is 6.59. The summed E-state index contributed by atoms with van der Waals surface area (Å²) in [7, 11) is -4.59. The number of sulfonamides is 1. The van der Waals surface area contributed by atoms with Crippen molar-refractivity contribution in [2.24, 2.45) is 0 Å². The highest BCUT2D eigenvalue weighted by atomic mass is 35.5. The predicted octanol–water partition coefficient (Wildman–Crippen LogP) is 3.45. The molecule has 0 saturated carbocycles. The Morgan fingerprint density at radius 2 is 2.00 bits per heavy atom. The van der Waals surface area contributed by atoms with Gasteiger partial charge in [0.2, 0.25) is 0 Å². The largest absolute Gasteiger partial charge is 0.573 e. The molecule has 1 heterocycles. The summed E-state index contributed by atoms with van der Waals surface area (Å²) < 4.78 is 67.8. The zero-order chi connectivity index (χ0) is 18.1. The number of pyridine rings is 1. The molecule has 0 aliphatic heterocycles. The monoisotopic (exact) mass is 382 g/mol. The van der Waals surface area contributed by atoms with E-state index in [4.69, 9.17) is 11.6 Å². The van der Waals surface area contributed by atoms with E-state index in [-0.39, 0.29) is 10.8 Å². The van der Waals surface area contributed by atoms with Crippen molar-refractivity contribution < 1.29 is 31.4 Å². The summed E-state index contributed by atoms with van der Waals surface area (Å²) in [5.41, 5.74) is 0.368. The van der Waals surface area contributed by atoms with Gasteiger partial charge in [-0.2, -0.15) is 0 Å². The zero-order valence-corrected chi connectivity index (χ0v) is 13.5. The zero-order valence-electron chi connectivity index (χ0n) is 11.9. The summed E-state index contributed by atoms with van der Waals surface area (Å²) in [5, 5.41) is 9.82. The van der Waals surface area contributed by atoms with E-state index >= 15 is 0 Å². The molecule has 0 spiro atoms. The number of aromatic hydroxyl groups is 1. The van der Waals surface area contributed by atoms with Gasteiger partial charge in [0.05, 0.1) is 11.9 Å². The molecule has 0 atom stereocenters. The number of hydrogen-bond acceptors (Lipinski definition) is 5. The van der Waals surface area contributed by atoms with Crippen LogP contribution in [0.3, 0.4) is 0 Å². The van der Waals surface area contributed by atoms with Crippen LogP contribution in [0.15, 0.2) is 35.4 Å². The van der Waals surface area contributed by atoms with Crippen LogP contribution in [0.1, 0.15) is 5.56 Å². The van der Waals surface area contributed by atoms with Crippen LogP contribution in [-0.4, -0.2) is 24.9 Å². The van der Waals surface area contributed by atoms with Gasteiger partial charge in [0.25, 0.3) is 10.0 Å². The van der Waals surface area contributed by atoms with Crippen LogP contribution in [0.4, 0.5) is 18.9 Å². The summed E-state index contributed by atoms with van der Waals surface area (Å²) in [6, 6.07) is 4.07. The summed E-state index contributed by atoms with van der Waals surface area (Å²) in [6.07, 6.45) is -4.03. The van der Waals surface area contributed by atoms with Crippen LogP contribution in [0, 0.1) is 6.92 Å². The maximum Gasteiger partial charge on any atom is 0.573 e. The molecule has 0 bridgehead atoms. The number of rotatable bonds is 4. The number of phenolic OH excluding ortho intramolecular Hbond substituents is 1. The molecular formula is C13H10ClF3N2O4S. The number of phenols is 1. The molecule has 0 amide bonds. The number of nitrogens with zero attached hydrogens (tertiary/aromatic N) is 1. The average molecular weight is 383 g/mol. The molecule has 6 nitrogen and oxygen atoms in total. The maximum atomic E-state index is 12.4. The molecule has 0 unspecified atom stereocenters. The van der Waals surface area contributed by atoms with E-state index < -0.39 is 32.8 Å². The van der Waals surface area contributed by atoms with Crippen LogP contribution >= 0.6 is 11.6 Å². The first kappa shape index (κ1) is 18.1. The number of hydrogen-bond donors (Lipinski definition) is 2. The van der Waals surface area contributed by atoms with Gasteiger partial charge in [-0.05, 0) is 30.7 Å². The third kappa shape index (κ3) is 4.20. The minimum absolute atomic E-state index is 0.0133. The second-order valence-electron chi connectivity index (χ2n) is 4.58. The third-order valence-electron chi connectivity index (χ3n) is 2.77. The van der Waals surface area contributed by atoms with Crippen LogP contribution in [0.25, 0.3) is 0 Å². The molecule has 1 aromatic carbocycles. The van der Waals surface area contributed by atoms with Gasteiger partial charge in [-0.3, -0.25) is 4.72 Å². The Morgan fingerprint density at radius 3 is 2.58 bits per heavy atom. The molecule has 1 aromatic heterocycles. The summed E-state index contributed by atoms with van der Waals surface area (Å²) >= 11 is 5.65. The molecule has 0 radical (unpaired) electrons. The number of halogens is 4. The fourth-order valence-corrected chi connectivity index (χ4v) is 3.34. The van der Waals surface area contributed by atoms with Gasteiger partial charge >= 0.3 is 6.36 Å². The lowest BCUT2D eigenvalue weighted by Crippen LogP contribution is -2.21. The quantitative estimate of drug-likeness (QED) is 0.791. The van der Waals surface area contributed by atoms with E-state index in [9.17, 15) is 26.7 Å². The Kier molecular flexibility index (Phi) is 4.81. The van der Waals surface area contributed by atoms with Gasteiger partial charge < -0.3 is 9.84 Å². The molecule has 24 heavy (non-hydrogen) atoms. The smallest absolute Gasteiger partial charge is 0.506 e. The summed E-state index contributed by atoms with van der Waals surface area (Å²) in [4.78, 5) is 2.64. The second kappa shape index (κ2) is 6.36. The van der Waals surface area contributed by atoms with E-state index in [0.717, 1.165) is 24.4 Å². The highest BCUT2D eigenvalue weighted by Crippen LogP contribution is 2.36. The van der Waals surface area contributed by atoms with Crippen molar-refractivity contribution in [1.29, 1.82) is 0 Å². The number of anilines is 1. The summed E-state index contributed by atoms with van der Waals surface area (Å²) in [6.45, 7) is 1.52. The molecule has 130 valence electrons. The number of alkyl halides is 3. The van der Waals surface area contributed by atoms with E-state index in [1.54, 1.807) is 0 Å². The Morgan fingerprint density at radius 1 is 1.33 bits per heavy atom. The lowest BCUT2D eigenvalue weighted by Gasteiger charge is -2.16. The van der Waals surface area contributed by atoms with Crippen LogP contribution in [0.5, 0.6) is 11.5 Å². The molecular weight excluding hydrogens is 373 g/mol. The lowest BCUT2D eigenvalue weighted by molar-refractivity contribution is -0.275. The molecule has 0 aliphatic rings. The minimum Gasteiger partial charge on any atom is -0.506 e. The molecule has 0 saturated heterocycles. The van der Waals surface area contributed by atoms with Crippen LogP contribution in [-0.2, 0) is 10.0 Å². The number of benzene rings is 1. The van der Waals surface area contributed by atoms with E-state index in [0.29, 0.717) is 5.56 Å². The standard InChI is InChI=1S/C13H10ClF3N2O4S/c1-7-5-11(14)18-6-8(7)19-24(21,22)12-9(20)3-2-4-10(12)23-13(15,16)17/h2-6,19-20H,1H3. The number of aromatic nitrogens is 1. The Balaban J connectivity index is 2.49. The van der Waals surface area contributed by atoms with Gasteiger partial charge in [0, 0.05) is 0 Å². The molecule has 0 aliphatic carbocycles. The molecule has 2 N–H and O–H groups in total. The van der Waals surface area contributed by atoms with E-state index in [2.05, 4.69) is 9.72 Å². The van der Waals surface area contributed by atoms with E-state index in [1.165, 1.54) is 13.0 Å². The van der Waals surface area contributed by atoms with Crippen molar-refractivity contribution in [3.05, 3.63) is 41.2 Å². The molecule has 2 aromatic rings. The predicted molar refractivity (Wildman–Crippen MR) is 79.6 cm³/mol. The Hall–Kier alpha value is -2.20. The average Bonchev–Trinajstić information content (AvgIpc) is 2.39. The van der Waals surface area contributed by atoms with Crippen molar-refractivity contribution in [2.75, 3.05) is 4.72 Å². The van der Waals surface area contributed by atoms with Gasteiger partial charge in [0.1, 0.15) is 10.9 Å². The van der Waals surface area contributed by atoms with Gasteiger partial charge in [0.15, 0.2) is 10.6 Å². The number of ether oxygens (including phenoxy) is 1. The molecule has 0 fully saturated rings. The first-order valence-electron chi connectivity index (χ1n) is 6.22. The number of aryl methyl sites for hydroxylation is 1. The Labute approximate surface area is 139 Å². The van der Waals surface area contributed by atoms with E-state index in [1.807, 2.05) is 4.72 Å². The molecule has 11 heteroatoms. The fraction of sp³-hybridized carbons (Fsp3) is 0.154.